The molecule has 0 bridgehead atoms. The van der Waals surface area contributed by atoms with E-state index in [2.05, 4.69) is 60.9 Å². The number of allylic oxidation sites excluding steroid dienone is 8. The Balaban J connectivity index is 4.38. The molecule has 0 spiro atoms. The van der Waals surface area contributed by atoms with Gasteiger partial charge in [-0.25, -0.2) is 4.57 Å². The van der Waals surface area contributed by atoms with Crippen LogP contribution in [0.2, 0.25) is 0 Å². The Morgan fingerprint density at radius 1 is 0.556 bits per heavy atom. The Hall–Kier alpha value is -2.07. The van der Waals surface area contributed by atoms with Gasteiger partial charge in [-0.3, -0.25) is 18.6 Å². The molecule has 0 fully saturated rings. The minimum Gasteiger partial charge on any atom is -0.462 e. The summed E-state index contributed by atoms with van der Waals surface area (Å²) in [6.45, 7) is 2.29. The van der Waals surface area contributed by atoms with Crippen LogP contribution in [0.5, 0.6) is 0 Å². The van der Waals surface area contributed by atoms with Gasteiger partial charge in [-0.15, -0.1) is 0 Å². The average molecular weight is 785 g/mol. The highest BCUT2D eigenvalue weighted by atomic mass is 31.2. The molecule has 10 nitrogen and oxygen atoms in total. The molecule has 0 aliphatic rings. The second kappa shape index (κ2) is 39.2. The number of carbonyl (C=O) groups excluding carboxylic acids is 2. The summed E-state index contributed by atoms with van der Waals surface area (Å²) in [4.78, 5) is 34.8. The highest BCUT2D eigenvalue weighted by molar-refractivity contribution is 7.47. The van der Waals surface area contributed by atoms with E-state index in [0.29, 0.717) is 19.3 Å². The molecule has 0 aromatic rings. The van der Waals surface area contributed by atoms with Crippen LogP contribution in [-0.4, -0.2) is 65.7 Å². The number of carbonyl (C=O) groups is 2. The maximum absolute atomic E-state index is 12.6. The smallest absolute Gasteiger partial charge is 0.462 e. The zero-order valence-corrected chi connectivity index (χ0v) is 34.8. The summed E-state index contributed by atoms with van der Waals surface area (Å²) in [7, 11) is -4.63. The van der Waals surface area contributed by atoms with Gasteiger partial charge in [0.25, 0.3) is 0 Å². The van der Waals surface area contributed by atoms with Gasteiger partial charge in [-0.2, -0.15) is 0 Å². The van der Waals surface area contributed by atoms with Gasteiger partial charge in [-0.1, -0.05) is 159 Å². The first kappa shape index (κ1) is 51.9. The van der Waals surface area contributed by atoms with Crippen molar-refractivity contribution in [2.45, 2.75) is 187 Å². The average Bonchev–Trinajstić information content (AvgIpc) is 3.16. The van der Waals surface area contributed by atoms with Crippen LogP contribution in [0.25, 0.3) is 0 Å². The standard InChI is InChI=1S/C43H77O10P/c1-3-5-7-9-11-13-15-16-17-18-19-20-21-22-23-24-25-27-29-31-33-35-43(47)53-41(39-52-54(48,49)51-37-40(45)36-44)38-50-42(46)34-32-30-28-26-14-12-10-8-6-4-2/h17-18,20-21,23-24,27,29,40-41,44-45H,3-16,19,22,25-26,28,30-39H2,1-2H3,(H,48,49)/b18-17+,21-20+,24-23+,29-27+/t40-,41+/m0/s1. The van der Waals surface area contributed by atoms with Crippen LogP contribution in [0.3, 0.4) is 0 Å². The molecule has 0 aromatic heterocycles. The van der Waals surface area contributed by atoms with Gasteiger partial charge in [0.2, 0.25) is 0 Å². The maximum Gasteiger partial charge on any atom is 0.472 e. The number of hydrogen-bond donors (Lipinski definition) is 3. The minimum absolute atomic E-state index is 0.109. The normalized spacial score (nSPS) is 14.4. The lowest BCUT2D eigenvalue weighted by molar-refractivity contribution is -0.161. The first-order chi connectivity index (χ1) is 26.2. The van der Waals surface area contributed by atoms with Crippen LogP contribution in [0, 0.1) is 0 Å². The molecule has 0 heterocycles. The lowest BCUT2D eigenvalue weighted by atomic mass is 10.1. The predicted octanol–water partition coefficient (Wildman–Crippen LogP) is 10.9. The van der Waals surface area contributed by atoms with Gasteiger partial charge >= 0.3 is 19.8 Å². The molecule has 0 saturated carbocycles. The summed E-state index contributed by atoms with van der Waals surface area (Å²) in [5, 5.41) is 18.3. The zero-order valence-electron chi connectivity index (χ0n) is 33.9. The minimum atomic E-state index is -4.63. The lowest BCUT2D eigenvalue weighted by Gasteiger charge is -2.20. The summed E-state index contributed by atoms with van der Waals surface area (Å²) < 4.78 is 32.6. The second-order valence-corrected chi connectivity index (χ2v) is 15.5. The number of unbranched alkanes of at least 4 members (excludes halogenated alkanes) is 17. The number of phosphoric acid groups is 1. The molecule has 11 heteroatoms. The predicted molar refractivity (Wildman–Crippen MR) is 219 cm³/mol. The van der Waals surface area contributed by atoms with Crippen LogP contribution < -0.4 is 0 Å². The van der Waals surface area contributed by atoms with E-state index >= 15 is 0 Å². The van der Waals surface area contributed by atoms with Crippen molar-refractivity contribution < 1.29 is 47.8 Å². The molecule has 0 aliphatic carbocycles. The van der Waals surface area contributed by atoms with E-state index in [4.69, 9.17) is 19.1 Å². The van der Waals surface area contributed by atoms with E-state index in [1.165, 1.54) is 89.9 Å². The Morgan fingerprint density at radius 2 is 0.981 bits per heavy atom. The third kappa shape index (κ3) is 38.2. The maximum atomic E-state index is 12.6. The zero-order chi connectivity index (χ0) is 39.8. The van der Waals surface area contributed by atoms with Crippen molar-refractivity contribution in [2.75, 3.05) is 26.4 Å². The van der Waals surface area contributed by atoms with Gasteiger partial charge in [-0.05, 0) is 51.4 Å². The fraction of sp³-hybridized carbons (Fsp3) is 0.767. The molecule has 0 radical (unpaired) electrons. The van der Waals surface area contributed by atoms with Crippen molar-refractivity contribution in [3.8, 4) is 0 Å². The molecule has 0 saturated heterocycles. The second-order valence-electron chi connectivity index (χ2n) is 14.0. The summed E-state index contributed by atoms with van der Waals surface area (Å²) >= 11 is 0. The van der Waals surface area contributed by atoms with Crippen molar-refractivity contribution in [2.24, 2.45) is 0 Å². The molecule has 0 amide bonds. The molecular formula is C43H77O10P. The third-order valence-corrected chi connectivity index (χ3v) is 9.69. The molecule has 54 heavy (non-hydrogen) atoms. The van der Waals surface area contributed by atoms with Crippen LogP contribution in [-0.2, 0) is 32.7 Å². The monoisotopic (exact) mass is 785 g/mol. The van der Waals surface area contributed by atoms with E-state index in [-0.39, 0.29) is 19.4 Å². The fourth-order valence-corrected chi connectivity index (χ4v) is 6.25. The molecular weight excluding hydrogens is 707 g/mol. The number of esters is 2. The van der Waals surface area contributed by atoms with Gasteiger partial charge < -0.3 is 24.6 Å². The number of rotatable bonds is 39. The topological polar surface area (TPSA) is 149 Å². The summed E-state index contributed by atoms with van der Waals surface area (Å²) in [6, 6.07) is 0. The molecule has 0 aromatic carbocycles. The Kier molecular flexibility index (Phi) is 37.7. The van der Waals surface area contributed by atoms with Crippen molar-refractivity contribution in [1.82, 2.24) is 0 Å². The molecule has 3 atom stereocenters. The van der Waals surface area contributed by atoms with Crippen molar-refractivity contribution in [3.63, 3.8) is 0 Å². The molecule has 0 aliphatic heterocycles. The number of aliphatic hydroxyl groups is 2. The van der Waals surface area contributed by atoms with Crippen molar-refractivity contribution in [3.05, 3.63) is 48.6 Å². The van der Waals surface area contributed by atoms with E-state index < -0.39 is 51.8 Å². The highest BCUT2D eigenvalue weighted by Gasteiger charge is 2.27. The van der Waals surface area contributed by atoms with E-state index in [1.807, 2.05) is 6.08 Å². The van der Waals surface area contributed by atoms with Crippen LogP contribution in [0.1, 0.15) is 174 Å². The van der Waals surface area contributed by atoms with Crippen LogP contribution in [0.4, 0.5) is 0 Å². The van der Waals surface area contributed by atoms with Crippen LogP contribution in [0.15, 0.2) is 48.6 Å². The number of phosphoric ester groups is 1. The van der Waals surface area contributed by atoms with Crippen LogP contribution >= 0.6 is 7.82 Å². The lowest BCUT2D eigenvalue weighted by Crippen LogP contribution is -2.29. The third-order valence-electron chi connectivity index (χ3n) is 8.74. The van der Waals surface area contributed by atoms with Gasteiger partial charge in [0.15, 0.2) is 6.10 Å². The molecule has 0 rings (SSSR count). The highest BCUT2D eigenvalue weighted by Crippen LogP contribution is 2.43. The molecule has 3 N–H and O–H groups in total. The number of hydrogen-bond acceptors (Lipinski definition) is 9. The summed E-state index contributed by atoms with van der Waals surface area (Å²) in [5.74, 6) is -0.992. The van der Waals surface area contributed by atoms with E-state index in [0.717, 1.165) is 38.5 Å². The number of aliphatic hydroxyl groups excluding tert-OH is 2. The van der Waals surface area contributed by atoms with Crippen molar-refractivity contribution >= 4 is 19.8 Å². The largest absolute Gasteiger partial charge is 0.472 e. The van der Waals surface area contributed by atoms with E-state index in [1.54, 1.807) is 0 Å². The Labute approximate surface area is 328 Å². The number of ether oxygens (including phenoxy) is 2. The quantitative estimate of drug-likeness (QED) is 0.0238. The van der Waals surface area contributed by atoms with Crippen molar-refractivity contribution in [1.29, 1.82) is 0 Å². The summed E-state index contributed by atoms with van der Waals surface area (Å²) in [5.41, 5.74) is 0. The molecule has 1 unspecified atom stereocenters. The van der Waals surface area contributed by atoms with Gasteiger partial charge in [0, 0.05) is 12.8 Å². The Bertz CT molecular complexity index is 1040. The Morgan fingerprint density at radius 3 is 1.50 bits per heavy atom. The van der Waals surface area contributed by atoms with E-state index in [9.17, 15) is 24.2 Å². The summed E-state index contributed by atoms with van der Waals surface area (Å²) in [6.07, 6.45) is 41.0. The first-order valence-electron chi connectivity index (χ1n) is 21.1. The van der Waals surface area contributed by atoms with Gasteiger partial charge in [0.1, 0.15) is 12.7 Å². The first-order valence-corrected chi connectivity index (χ1v) is 22.6. The fourth-order valence-electron chi connectivity index (χ4n) is 5.46. The van der Waals surface area contributed by atoms with Gasteiger partial charge in [0.05, 0.1) is 19.8 Å². The molecule has 314 valence electrons. The SMILES string of the molecule is CCCCCCCCC/C=C/C/C=C/C/C=C/C/C=C/CCCC(=O)O[C@H](COC(=O)CCCCCCCCCCCC)COP(=O)(O)OC[C@@H](O)CO.